The van der Waals surface area contributed by atoms with Crippen molar-refractivity contribution >= 4 is 11.6 Å². The van der Waals surface area contributed by atoms with Gasteiger partial charge in [0.25, 0.3) is 0 Å². The first kappa shape index (κ1) is 13.8. The Bertz CT molecular complexity index is 479. The molecule has 1 heterocycles. The fourth-order valence-corrected chi connectivity index (χ4v) is 2.25. The average Bonchev–Trinajstić information content (AvgIpc) is 2.38. The Morgan fingerprint density at radius 1 is 1.63 bits per heavy atom. The Balaban J connectivity index is 2.41. The van der Waals surface area contributed by atoms with E-state index < -0.39 is 23.9 Å². The van der Waals surface area contributed by atoms with Crippen LogP contribution < -0.4 is 10.6 Å². The van der Waals surface area contributed by atoms with Gasteiger partial charge in [-0.25, -0.2) is 4.39 Å². The third kappa shape index (κ3) is 2.85. The number of amides is 1. The maximum atomic E-state index is 13.3. The highest BCUT2D eigenvalue weighted by Crippen LogP contribution is 2.29. The van der Waals surface area contributed by atoms with Gasteiger partial charge in [0.2, 0.25) is 5.91 Å². The van der Waals surface area contributed by atoms with Gasteiger partial charge in [0.1, 0.15) is 11.9 Å². The molecule has 0 spiro atoms. The lowest BCUT2D eigenvalue weighted by Gasteiger charge is -2.36. The van der Waals surface area contributed by atoms with Crippen LogP contribution in [0.4, 0.5) is 10.1 Å². The summed E-state index contributed by atoms with van der Waals surface area (Å²) in [5.74, 6) is -0.927. The predicted molar refractivity (Wildman–Crippen MR) is 68.2 cm³/mol. The molecule has 1 aliphatic rings. The minimum absolute atomic E-state index is 0.200. The van der Waals surface area contributed by atoms with E-state index in [1.165, 1.54) is 12.1 Å². The van der Waals surface area contributed by atoms with Gasteiger partial charge in [-0.2, -0.15) is 0 Å². The summed E-state index contributed by atoms with van der Waals surface area (Å²) in [7, 11) is 0. The number of carbonyl (C=O) groups is 1. The fraction of sp³-hybridized carbons (Fsp3) is 0.462. The number of primary amides is 1. The minimum Gasteiger partial charge on any atom is -0.389 e. The van der Waals surface area contributed by atoms with Gasteiger partial charge in [-0.05, 0) is 25.1 Å². The van der Waals surface area contributed by atoms with E-state index in [1.54, 1.807) is 17.9 Å². The maximum Gasteiger partial charge on any atom is 0.242 e. The molecule has 0 aliphatic carbocycles. The van der Waals surface area contributed by atoms with Crippen molar-refractivity contribution < 1.29 is 19.0 Å². The number of hydrogen-bond acceptors (Lipinski definition) is 4. The number of aliphatic hydroxyl groups is 1. The van der Waals surface area contributed by atoms with E-state index in [0.717, 1.165) is 0 Å². The Hall–Kier alpha value is -1.66. The zero-order valence-electron chi connectivity index (χ0n) is 10.7. The van der Waals surface area contributed by atoms with E-state index in [4.69, 9.17) is 10.5 Å². The SMILES string of the molecule is C[C@H](O)c1cc(F)ccc1N1CCOCC1C(N)=O. The van der Waals surface area contributed by atoms with Crippen molar-refractivity contribution in [1.29, 1.82) is 0 Å². The van der Waals surface area contributed by atoms with E-state index in [-0.39, 0.29) is 6.61 Å². The number of aliphatic hydroxyl groups excluding tert-OH is 1. The molecular formula is C13H17FN2O3. The number of rotatable bonds is 3. The summed E-state index contributed by atoms with van der Waals surface area (Å²) >= 11 is 0. The third-order valence-corrected chi connectivity index (χ3v) is 3.21. The molecule has 0 aromatic heterocycles. The number of morpholine rings is 1. The Morgan fingerprint density at radius 2 is 2.37 bits per heavy atom. The first-order chi connectivity index (χ1) is 9.00. The number of carbonyl (C=O) groups excluding carboxylic acids is 1. The molecule has 19 heavy (non-hydrogen) atoms. The van der Waals surface area contributed by atoms with E-state index >= 15 is 0 Å². The van der Waals surface area contributed by atoms with Gasteiger partial charge in [0.15, 0.2) is 0 Å². The summed E-state index contributed by atoms with van der Waals surface area (Å²) in [5.41, 5.74) is 6.41. The minimum atomic E-state index is -0.831. The van der Waals surface area contributed by atoms with Gasteiger partial charge in [-0.1, -0.05) is 0 Å². The van der Waals surface area contributed by atoms with Crippen molar-refractivity contribution in [3.05, 3.63) is 29.6 Å². The summed E-state index contributed by atoms with van der Waals surface area (Å²) < 4.78 is 18.5. The van der Waals surface area contributed by atoms with Gasteiger partial charge in [-0.15, -0.1) is 0 Å². The highest BCUT2D eigenvalue weighted by molar-refractivity contribution is 5.84. The van der Waals surface area contributed by atoms with Crippen molar-refractivity contribution in [3.63, 3.8) is 0 Å². The molecule has 1 fully saturated rings. The summed E-state index contributed by atoms with van der Waals surface area (Å²) in [6, 6.07) is 3.53. The van der Waals surface area contributed by atoms with Crippen LogP contribution in [0.5, 0.6) is 0 Å². The smallest absolute Gasteiger partial charge is 0.242 e. The predicted octanol–water partition coefficient (Wildman–Crippen LogP) is 0.569. The zero-order chi connectivity index (χ0) is 14.0. The standard InChI is InChI=1S/C13H17FN2O3/c1-8(17)10-6-9(14)2-3-11(10)16-4-5-19-7-12(16)13(15)18/h2-3,6,8,12,17H,4-5,7H2,1H3,(H2,15,18)/t8-,12?/m0/s1. The summed E-state index contributed by atoms with van der Waals surface area (Å²) in [4.78, 5) is 13.2. The summed E-state index contributed by atoms with van der Waals surface area (Å²) in [6.45, 7) is 2.68. The number of anilines is 1. The first-order valence-corrected chi connectivity index (χ1v) is 6.12. The van der Waals surface area contributed by atoms with E-state index in [0.29, 0.717) is 24.4 Å². The topological polar surface area (TPSA) is 75.8 Å². The second-order valence-electron chi connectivity index (χ2n) is 4.57. The van der Waals surface area contributed by atoms with Crippen molar-refractivity contribution in [2.45, 2.75) is 19.1 Å². The van der Waals surface area contributed by atoms with Crippen molar-refractivity contribution in [2.24, 2.45) is 5.73 Å². The number of nitrogens with two attached hydrogens (primary N) is 1. The molecule has 6 heteroatoms. The van der Waals surface area contributed by atoms with E-state index in [2.05, 4.69) is 0 Å². The molecule has 3 N–H and O–H groups in total. The quantitative estimate of drug-likeness (QED) is 0.840. The Labute approximate surface area is 110 Å². The second kappa shape index (κ2) is 5.54. The monoisotopic (exact) mass is 268 g/mol. The van der Waals surface area contributed by atoms with Gasteiger partial charge < -0.3 is 20.5 Å². The molecule has 1 saturated heterocycles. The van der Waals surface area contributed by atoms with Crippen molar-refractivity contribution in [2.75, 3.05) is 24.7 Å². The molecule has 5 nitrogen and oxygen atoms in total. The number of halogens is 1. The Morgan fingerprint density at radius 3 is 3.00 bits per heavy atom. The fourth-order valence-electron chi connectivity index (χ4n) is 2.25. The van der Waals surface area contributed by atoms with Crippen LogP contribution in [-0.2, 0) is 9.53 Å². The lowest BCUT2D eigenvalue weighted by molar-refractivity contribution is -0.121. The van der Waals surface area contributed by atoms with E-state index in [1.807, 2.05) is 0 Å². The molecule has 1 unspecified atom stereocenters. The molecule has 104 valence electrons. The summed E-state index contributed by atoms with van der Waals surface area (Å²) in [6.07, 6.45) is -0.831. The van der Waals surface area contributed by atoms with Crippen LogP contribution in [0.2, 0.25) is 0 Å². The maximum absolute atomic E-state index is 13.3. The molecule has 1 aromatic carbocycles. The van der Waals surface area contributed by atoms with Gasteiger partial charge >= 0.3 is 0 Å². The molecule has 0 radical (unpaired) electrons. The average molecular weight is 268 g/mol. The molecule has 1 aliphatic heterocycles. The largest absolute Gasteiger partial charge is 0.389 e. The highest BCUT2D eigenvalue weighted by atomic mass is 19.1. The molecule has 2 rings (SSSR count). The molecule has 0 bridgehead atoms. The van der Waals surface area contributed by atoms with Gasteiger partial charge in [-0.3, -0.25) is 4.79 Å². The van der Waals surface area contributed by atoms with Crippen LogP contribution >= 0.6 is 0 Å². The van der Waals surface area contributed by atoms with Crippen LogP contribution in [0.3, 0.4) is 0 Å². The van der Waals surface area contributed by atoms with Crippen LogP contribution in [0.15, 0.2) is 18.2 Å². The number of hydrogen-bond donors (Lipinski definition) is 2. The third-order valence-electron chi connectivity index (χ3n) is 3.21. The van der Waals surface area contributed by atoms with Crippen molar-refractivity contribution in [3.8, 4) is 0 Å². The highest BCUT2D eigenvalue weighted by Gasteiger charge is 2.29. The molecule has 1 aromatic rings. The van der Waals surface area contributed by atoms with E-state index in [9.17, 15) is 14.3 Å². The molecular weight excluding hydrogens is 251 g/mol. The first-order valence-electron chi connectivity index (χ1n) is 6.12. The number of nitrogens with zero attached hydrogens (tertiary/aromatic N) is 1. The van der Waals surface area contributed by atoms with Gasteiger partial charge in [0, 0.05) is 17.8 Å². The number of benzene rings is 1. The van der Waals surface area contributed by atoms with Gasteiger partial charge in [0.05, 0.1) is 19.3 Å². The lowest BCUT2D eigenvalue weighted by atomic mass is 10.0. The zero-order valence-corrected chi connectivity index (χ0v) is 10.7. The summed E-state index contributed by atoms with van der Waals surface area (Å²) in [5, 5.41) is 9.74. The molecule has 1 amide bonds. The van der Waals surface area contributed by atoms with Crippen LogP contribution in [0, 0.1) is 5.82 Å². The normalized spacial score (nSPS) is 21.2. The number of ether oxygens (including phenoxy) is 1. The molecule has 0 saturated carbocycles. The second-order valence-corrected chi connectivity index (χ2v) is 4.57. The van der Waals surface area contributed by atoms with Crippen LogP contribution in [0.25, 0.3) is 0 Å². The lowest BCUT2D eigenvalue weighted by Crippen LogP contribution is -2.53. The Kier molecular flexibility index (Phi) is 4.01. The van der Waals surface area contributed by atoms with Crippen molar-refractivity contribution in [1.82, 2.24) is 0 Å². The van der Waals surface area contributed by atoms with Crippen LogP contribution in [0.1, 0.15) is 18.6 Å². The van der Waals surface area contributed by atoms with Crippen LogP contribution in [-0.4, -0.2) is 36.8 Å². The molecule has 2 atom stereocenters.